The summed E-state index contributed by atoms with van der Waals surface area (Å²) in [6.07, 6.45) is 0.163. The quantitative estimate of drug-likeness (QED) is 0.792. The van der Waals surface area contributed by atoms with Gasteiger partial charge in [0.1, 0.15) is 17.1 Å². The molecule has 0 aliphatic heterocycles. The molecule has 2 aromatic carbocycles. The van der Waals surface area contributed by atoms with Gasteiger partial charge in [-0.3, -0.25) is 0 Å². The van der Waals surface area contributed by atoms with E-state index in [2.05, 4.69) is 5.32 Å². The maximum absolute atomic E-state index is 11.6. The lowest BCUT2D eigenvalue weighted by atomic mass is 10.2. The summed E-state index contributed by atoms with van der Waals surface area (Å²) in [4.78, 5) is 11.6. The van der Waals surface area contributed by atoms with Gasteiger partial charge in [-0.2, -0.15) is 0 Å². The number of amides is 1. The maximum atomic E-state index is 11.6. The van der Waals surface area contributed by atoms with E-state index in [4.69, 9.17) is 9.15 Å². The van der Waals surface area contributed by atoms with Gasteiger partial charge >= 0.3 is 6.09 Å². The Labute approximate surface area is 122 Å². The number of carbonyl (C=O) groups is 1. The fourth-order valence-corrected chi connectivity index (χ4v) is 2.08. The van der Waals surface area contributed by atoms with Gasteiger partial charge in [0, 0.05) is 18.4 Å². The Morgan fingerprint density at radius 2 is 1.81 bits per heavy atom. The molecule has 4 heteroatoms. The second-order valence-corrected chi connectivity index (χ2v) is 4.63. The highest BCUT2D eigenvalue weighted by molar-refractivity contribution is 5.77. The molecule has 0 saturated heterocycles. The highest BCUT2D eigenvalue weighted by atomic mass is 16.6. The predicted octanol–water partition coefficient (Wildman–Crippen LogP) is 3.76. The first kappa shape index (κ1) is 13.2. The van der Waals surface area contributed by atoms with Gasteiger partial charge in [-0.1, -0.05) is 36.4 Å². The van der Waals surface area contributed by atoms with Crippen LogP contribution in [0.2, 0.25) is 0 Å². The molecule has 1 aromatic heterocycles. The average Bonchev–Trinajstić information content (AvgIpc) is 2.91. The minimum absolute atomic E-state index is 0.461. The van der Waals surface area contributed by atoms with Crippen LogP contribution in [-0.4, -0.2) is 12.6 Å². The summed E-state index contributed by atoms with van der Waals surface area (Å²) in [5, 5.41) is 3.77. The molecule has 21 heavy (non-hydrogen) atoms. The van der Waals surface area contributed by atoms with Crippen molar-refractivity contribution in [2.24, 2.45) is 0 Å². The van der Waals surface area contributed by atoms with E-state index in [-0.39, 0.29) is 0 Å². The van der Waals surface area contributed by atoms with Crippen molar-refractivity contribution in [3.63, 3.8) is 0 Å². The van der Waals surface area contributed by atoms with E-state index in [1.807, 2.05) is 48.5 Å². The fraction of sp³-hybridized carbons (Fsp3) is 0.118. The highest BCUT2D eigenvalue weighted by Crippen LogP contribution is 2.18. The van der Waals surface area contributed by atoms with Gasteiger partial charge in [-0.25, -0.2) is 4.79 Å². The number of carbonyl (C=O) groups excluding carboxylic acids is 1. The third-order valence-corrected chi connectivity index (χ3v) is 3.07. The summed E-state index contributed by atoms with van der Waals surface area (Å²) in [5.41, 5.74) is 0.861. The molecule has 4 nitrogen and oxygen atoms in total. The first-order valence-corrected chi connectivity index (χ1v) is 6.79. The lowest BCUT2D eigenvalue weighted by molar-refractivity contribution is 0.200. The first-order valence-electron chi connectivity index (χ1n) is 6.79. The molecular weight excluding hydrogens is 266 g/mol. The second-order valence-electron chi connectivity index (χ2n) is 4.63. The monoisotopic (exact) mass is 281 g/mol. The number of para-hydroxylation sites is 2. The molecule has 3 rings (SSSR count). The van der Waals surface area contributed by atoms with Crippen LogP contribution in [0.15, 0.2) is 65.1 Å². The van der Waals surface area contributed by atoms with E-state index >= 15 is 0 Å². The zero-order valence-corrected chi connectivity index (χ0v) is 11.4. The predicted molar refractivity (Wildman–Crippen MR) is 80.4 cm³/mol. The van der Waals surface area contributed by atoms with Crippen molar-refractivity contribution < 1.29 is 13.9 Å². The van der Waals surface area contributed by atoms with Crippen molar-refractivity contribution in [1.82, 2.24) is 5.32 Å². The van der Waals surface area contributed by atoms with Crippen molar-refractivity contribution in [1.29, 1.82) is 0 Å². The molecule has 106 valence electrons. The molecular formula is C17H15NO3. The molecule has 0 bridgehead atoms. The molecule has 0 saturated carbocycles. The van der Waals surface area contributed by atoms with Crippen molar-refractivity contribution >= 4 is 17.1 Å². The molecule has 0 spiro atoms. The molecule has 0 fully saturated rings. The SMILES string of the molecule is O=C(NCCc1cc2ccccc2o1)Oc1ccccc1. The normalized spacial score (nSPS) is 10.5. The molecule has 0 unspecified atom stereocenters. The van der Waals surface area contributed by atoms with Gasteiger partial charge in [-0.05, 0) is 24.3 Å². The fourth-order valence-electron chi connectivity index (χ4n) is 2.08. The zero-order chi connectivity index (χ0) is 14.5. The van der Waals surface area contributed by atoms with Crippen LogP contribution in [0.4, 0.5) is 4.79 Å². The topological polar surface area (TPSA) is 51.5 Å². The van der Waals surface area contributed by atoms with Crippen LogP contribution >= 0.6 is 0 Å². The zero-order valence-electron chi connectivity index (χ0n) is 11.4. The van der Waals surface area contributed by atoms with Gasteiger partial charge in [0.15, 0.2) is 0 Å². The number of rotatable bonds is 4. The minimum atomic E-state index is -0.461. The smallest absolute Gasteiger partial charge is 0.412 e. The first-order chi connectivity index (χ1) is 10.3. The van der Waals surface area contributed by atoms with E-state index in [1.54, 1.807) is 12.1 Å². The lowest BCUT2D eigenvalue weighted by Crippen LogP contribution is -2.28. The Kier molecular flexibility index (Phi) is 3.87. The number of benzene rings is 2. The molecule has 0 aliphatic carbocycles. The summed E-state index contributed by atoms with van der Waals surface area (Å²) in [6, 6.07) is 18.8. The molecule has 0 radical (unpaired) electrons. The Balaban J connectivity index is 1.50. The molecule has 0 atom stereocenters. The van der Waals surface area contributed by atoms with Crippen molar-refractivity contribution in [3.8, 4) is 5.75 Å². The van der Waals surface area contributed by atoms with E-state index in [1.165, 1.54) is 0 Å². The van der Waals surface area contributed by atoms with Gasteiger partial charge in [0.05, 0.1) is 0 Å². The maximum Gasteiger partial charge on any atom is 0.412 e. The Hall–Kier alpha value is -2.75. The van der Waals surface area contributed by atoms with E-state index in [9.17, 15) is 4.79 Å². The summed E-state index contributed by atoms with van der Waals surface area (Å²) < 4.78 is 10.8. The Morgan fingerprint density at radius 3 is 2.62 bits per heavy atom. The van der Waals surface area contributed by atoms with Crippen LogP contribution in [0.3, 0.4) is 0 Å². The number of hydrogen-bond acceptors (Lipinski definition) is 3. The molecule has 1 heterocycles. The van der Waals surface area contributed by atoms with E-state index in [0.29, 0.717) is 18.7 Å². The van der Waals surface area contributed by atoms with Crippen molar-refractivity contribution in [2.45, 2.75) is 6.42 Å². The minimum Gasteiger partial charge on any atom is -0.461 e. The molecule has 3 aromatic rings. The van der Waals surface area contributed by atoms with E-state index < -0.39 is 6.09 Å². The van der Waals surface area contributed by atoms with Crippen molar-refractivity contribution in [3.05, 3.63) is 66.4 Å². The van der Waals surface area contributed by atoms with Crippen LogP contribution < -0.4 is 10.1 Å². The van der Waals surface area contributed by atoms with Gasteiger partial charge in [-0.15, -0.1) is 0 Å². The number of nitrogens with one attached hydrogen (secondary N) is 1. The average molecular weight is 281 g/mol. The number of furan rings is 1. The molecule has 0 aliphatic rings. The van der Waals surface area contributed by atoms with Crippen LogP contribution in [0.5, 0.6) is 5.75 Å². The van der Waals surface area contributed by atoms with Gasteiger partial charge < -0.3 is 14.5 Å². The summed E-state index contributed by atoms with van der Waals surface area (Å²) in [7, 11) is 0. The standard InChI is InChI=1S/C17H15NO3/c19-17(21-14-7-2-1-3-8-14)18-11-10-15-12-13-6-4-5-9-16(13)20-15/h1-9,12H,10-11H2,(H,18,19). The van der Waals surface area contributed by atoms with Crippen LogP contribution in [0, 0.1) is 0 Å². The van der Waals surface area contributed by atoms with Crippen molar-refractivity contribution in [2.75, 3.05) is 6.54 Å². The lowest BCUT2D eigenvalue weighted by Gasteiger charge is -2.05. The van der Waals surface area contributed by atoms with Crippen LogP contribution in [0.1, 0.15) is 5.76 Å². The summed E-state index contributed by atoms with van der Waals surface area (Å²) >= 11 is 0. The number of ether oxygens (including phenoxy) is 1. The molecule has 1 N–H and O–H groups in total. The summed E-state index contributed by atoms with van der Waals surface area (Å²) in [5.74, 6) is 1.37. The Morgan fingerprint density at radius 1 is 1.05 bits per heavy atom. The van der Waals surface area contributed by atoms with E-state index in [0.717, 1.165) is 16.7 Å². The largest absolute Gasteiger partial charge is 0.461 e. The van der Waals surface area contributed by atoms with Gasteiger partial charge in [0.25, 0.3) is 0 Å². The summed E-state index contributed by atoms with van der Waals surface area (Å²) in [6.45, 7) is 0.464. The third kappa shape index (κ3) is 3.42. The second kappa shape index (κ2) is 6.13. The number of fused-ring (bicyclic) bond motifs is 1. The Bertz CT molecular complexity index is 701. The van der Waals surface area contributed by atoms with Crippen LogP contribution in [-0.2, 0) is 6.42 Å². The third-order valence-electron chi connectivity index (χ3n) is 3.07. The molecule has 1 amide bonds. The van der Waals surface area contributed by atoms with Crippen LogP contribution in [0.25, 0.3) is 11.0 Å². The highest BCUT2D eigenvalue weighted by Gasteiger charge is 2.06. The van der Waals surface area contributed by atoms with Gasteiger partial charge in [0.2, 0.25) is 0 Å². The number of hydrogen-bond donors (Lipinski definition) is 1.